The monoisotopic (exact) mass is 413 g/mol. The summed E-state index contributed by atoms with van der Waals surface area (Å²) in [5.41, 5.74) is 0.169. The summed E-state index contributed by atoms with van der Waals surface area (Å²) in [5.74, 6) is 0.489. The highest BCUT2D eigenvalue weighted by molar-refractivity contribution is 5.66. The van der Waals surface area contributed by atoms with Crippen LogP contribution in [0.3, 0.4) is 0 Å². The van der Waals surface area contributed by atoms with Crippen LogP contribution in [0.15, 0.2) is 41.3 Å². The van der Waals surface area contributed by atoms with Crippen LogP contribution >= 0.6 is 0 Å². The van der Waals surface area contributed by atoms with Crippen LogP contribution in [-0.4, -0.2) is 48.6 Å². The molecule has 4 heterocycles. The first-order valence-electron chi connectivity index (χ1n) is 9.68. The van der Waals surface area contributed by atoms with E-state index in [1.54, 1.807) is 12.1 Å². The van der Waals surface area contributed by atoms with Crippen LogP contribution in [0.4, 0.5) is 4.39 Å². The van der Waals surface area contributed by atoms with Crippen molar-refractivity contribution in [3.63, 3.8) is 0 Å². The Balaban J connectivity index is 1.52. The summed E-state index contributed by atoms with van der Waals surface area (Å²) in [6.45, 7) is 7.67. The van der Waals surface area contributed by atoms with Crippen molar-refractivity contribution in [3.8, 4) is 34.5 Å². The van der Waals surface area contributed by atoms with Gasteiger partial charge in [-0.15, -0.1) is 10.2 Å². The summed E-state index contributed by atoms with van der Waals surface area (Å²) in [7, 11) is 0. The van der Waals surface area contributed by atoms with Gasteiger partial charge >= 0.3 is 0 Å². The highest BCUT2D eigenvalue weighted by atomic mass is 19.1. The number of rotatable bonds is 4. The SMILES string of the molecule is CC1(C)C[C@H](Oc2ccc(-c3ncc(-c4ncco4)cc3O)nn2)[C@H](F)C(C)(C)N1. The molecule has 8 nitrogen and oxygen atoms in total. The van der Waals surface area contributed by atoms with Crippen molar-refractivity contribution >= 4 is 0 Å². The summed E-state index contributed by atoms with van der Waals surface area (Å²) in [6, 6.07) is 4.72. The van der Waals surface area contributed by atoms with Crippen molar-refractivity contribution in [2.75, 3.05) is 0 Å². The molecule has 1 aliphatic rings. The van der Waals surface area contributed by atoms with E-state index in [4.69, 9.17) is 9.15 Å². The van der Waals surface area contributed by atoms with E-state index in [-0.39, 0.29) is 22.9 Å². The molecule has 0 aliphatic carbocycles. The van der Waals surface area contributed by atoms with Crippen molar-refractivity contribution in [2.45, 2.75) is 57.5 Å². The van der Waals surface area contributed by atoms with Crippen LogP contribution in [-0.2, 0) is 0 Å². The molecule has 3 aromatic rings. The third-order valence-corrected chi connectivity index (χ3v) is 5.09. The third-order valence-electron chi connectivity index (χ3n) is 5.09. The lowest BCUT2D eigenvalue weighted by molar-refractivity contribution is -0.0281. The van der Waals surface area contributed by atoms with Gasteiger partial charge in [-0.1, -0.05) is 0 Å². The van der Waals surface area contributed by atoms with Gasteiger partial charge in [-0.3, -0.25) is 0 Å². The summed E-state index contributed by atoms with van der Waals surface area (Å²) < 4.78 is 26.0. The molecule has 9 heteroatoms. The Hall–Kier alpha value is -3.07. The van der Waals surface area contributed by atoms with Gasteiger partial charge in [-0.25, -0.2) is 14.4 Å². The van der Waals surface area contributed by atoms with E-state index in [0.717, 1.165) is 0 Å². The largest absolute Gasteiger partial charge is 0.506 e. The Kier molecular flexibility index (Phi) is 4.93. The summed E-state index contributed by atoms with van der Waals surface area (Å²) in [4.78, 5) is 8.26. The number of piperidine rings is 1. The van der Waals surface area contributed by atoms with Crippen molar-refractivity contribution in [3.05, 3.63) is 36.9 Å². The summed E-state index contributed by atoms with van der Waals surface area (Å²) in [6.07, 6.45) is 3.11. The Bertz CT molecular complexity index is 1020. The number of aromatic nitrogens is 4. The first kappa shape index (κ1) is 20.2. The van der Waals surface area contributed by atoms with Gasteiger partial charge in [-0.2, -0.15) is 0 Å². The number of halogens is 1. The van der Waals surface area contributed by atoms with Gasteiger partial charge in [0.2, 0.25) is 11.8 Å². The normalized spacial score (nSPS) is 22.6. The van der Waals surface area contributed by atoms with Gasteiger partial charge in [0.05, 0.1) is 11.8 Å². The number of oxazole rings is 1. The maximum atomic E-state index is 14.9. The van der Waals surface area contributed by atoms with E-state index in [1.807, 2.05) is 27.7 Å². The van der Waals surface area contributed by atoms with Crippen molar-refractivity contribution in [1.29, 1.82) is 0 Å². The first-order chi connectivity index (χ1) is 14.1. The van der Waals surface area contributed by atoms with Crippen LogP contribution < -0.4 is 10.1 Å². The molecule has 3 aromatic heterocycles. The molecule has 4 rings (SSSR count). The van der Waals surface area contributed by atoms with Crippen molar-refractivity contribution < 1.29 is 18.7 Å². The second-order valence-electron chi connectivity index (χ2n) is 8.68. The smallest absolute Gasteiger partial charge is 0.233 e. The van der Waals surface area contributed by atoms with Gasteiger partial charge in [-0.05, 0) is 39.8 Å². The molecule has 30 heavy (non-hydrogen) atoms. The predicted molar refractivity (Wildman–Crippen MR) is 108 cm³/mol. The number of ether oxygens (including phenoxy) is 1. The van der Waals surface area contributed by atoms with E-state index in [2.05, 4.69) is 25.5 Å². The molecule has 0 spiro atoms. The van der Waals surface area contributed by atoms with E-state index in [9.17, 15) is 9.50 Å². The molecule has 0 amide bonds. The van der Waals surface area contributed by atoms with Crippen LogP contribution in [0.5, 0.6) is 11.6 Å². The topological polar surface area (TPSA) is 106 Å². The summed E-state index contributed by atoms with van der Waals surface area (Å²) >= 11 is 0. The minimum Gasteiger partial charge on any atom is -0.506 e. The number of alkyl halides is 1. The average Bonchev–Trinajstić information content (AvgIpc) is 3.20. The molecule has 0 bridgehead atoms. The molecule has 0 saturated carbocycles. The number of hydrogen-bond donors (Lipinski definition) is 2. The zero-order valence-electron chi connectivity index (χ0n) is 17.3. The van der Waals surface area contributed by atoms with Crippen molar-refractivity contribution in [2.24, 2.45) is 0 Å². The molecule has 158 valence electrons. The molecule has 0 aromatic carbocycles. The van der Waals surface area contributed by atoms with Gasteiger partial charge < -0.3 is 19.6 Å². The van der Waals surface area contributed by atoms with E-state index in [0.29, 0.717) is 23.6 Å². The quantitative estimate of drug-likeness (QED) is 0.669. The first-order valence-corrected chi connectivity index (χ1v) is 9.68. The van der Waals surface area contributed by atoms with E-state index in [1.165, 1.54) is 24.7 Å². The van der Waals surface area contributed by atoms with E-state index < -0.39 is 17.8 Å². The highest BCUT2D eigenvalue weighted by Gasteiger charge is 2.47. The standard InChI is InChI=1S/C21H24FN5O3/c1-20(2)10-15(18(22)21(3,4)27-20)30-16-6-5-13(25-26-16)17-14(28)9-12(11-24-17)19-23-7-8-29-19/h5-9,11,15,18,27-28H,10H2,1-4H3/t15-,18-/m0/s1. The molecule has 1 saturated heterocycles. The fourth-order valence-electron chi connectivity index (χ4n) is 3.96. The van der Waals surface area contributed by atoms with Crippen LogP contribution in [0.25, 0.3) is 22.8 Å². The molecule has 0 radical (unpaired) electrons. The Labute approximate surface area is 173 Å². The van der Waals surface area contributed by atoms with Gasteiger partial charge in [0, 0.05) is 29.8 Å². The minimum atomic E-state index is -1.21. The maximum Gasteiger partial charge on any atom is 0.233 e. The van der Waals surface area contributed by atoms with Crippen LogP contribution in [0, 0.1) is 0 Å². The van der Waals surface area contributed by atoms with Gasteiger partial charge in [0.25, 0.3) is 0 Å². The summed E-state index contributed by atoms with van der Waals surface area (Å²) in [5, 5.41) is 21.8. The molecule has 2 N–H and O–H groups in total. The lowest BCUT2D eigenvalue weighted by atomic mass is 9.79. The van der Waals surface area contributed by atoms with Gasteiger partial charge in [0.15, 0.2) is 6.17 Å². The average molecular weight is 413 g/mol. The number of nitrogens with one attached hydrogen (secondary N) is 1. The number of pyridine rings is 1. The zero-order valence-corrected chi connectivity index (χ0v) is 17.3. The molecule has 1 fully saturated rings. The molecule has 2 atom stereocenters. The second kappa shape index (κ2) is 7.32. The van der Waals surface area contributed by atoms with Crippen molar-refractivity contribution in [1.82, 2.24) is 25.5 Å². The van der Waals surface area contributed by atoms with Crippen LogP contribution in [0.1, 0.15) is 34.1 Å². The predicted octanol–water partition coefficient (Wildman–Crippen LogP) is 3.54. The minimum absolute atomic E-state index is 0.0839. The molecule has 0 unspecified atom stereocenters. The molecular formula is C21H24FN5O3. The van der Waals surface area contributed by atoms with E-state index >= 15 is 0 Å². The third kappa shape index (κ3) is 3.97. The molecule has 1 aliphatic heterocycles. The van der Waals surface area contributed by atoms with Gasteiger partial charge in [0.1, 0.15) is 29.5 Å². The second-order valence-corrected chi connectivity index (χ2v) is 8.68. The number of hydrogen-bond acceptors (Lipinski definition) is 8. The Morgan fingerprint density at radius 2 is 2.00 bits per heavy atom. The zero-order chi connectivity index (χ0) is 21.5. The fourth-order valence-corrected chi connectivity index (χ4v) is 3.96. The lowest BCUT2D eigenvalue weighted by Gasteiger charge is -2.48. The van der Waals surface area contributed by atoms with Crippen LogP contribution in [0.2, 0.25) is 0 Å². The highest BCUT2D eigenvalue weighted by Crippen LogP contribution is 2.34. The Morgan fingerprint density at radius 3 is 2.63 bits per heavy atom. The molecular weight excluding hydrogens is 389 g/mol. The Morgan fingerprint density at radius 1 is 1.20 bits per heavy atom. The lowest BCUT2D eigenvalue weighted by Crippen LogP contribution is -2.66. The fraction of sp³-hybridized carbons (Fsp3) is 0.429. The maximum absolute atomic E-state index is 14.9. The number of aromatic hydroxyl groups is 1. The number of nitrogens with zero attached hydrogens (tertiary/aromatic N) is 4.